The van der Waals surface area contributed by atoms with E-state index in [0.717, 1.165) is 15.4 Å². The van der Waals surface area contributed by atoms with Crippen LogP contribution in [-0.4, -0.2) is 49.9 Å². The largest absolute Gasteiger partial charge is 0.492 e. The van der Waals surface area contributed by atoms with Crippen LogP contribution < -0.4 is 14.4 Å². The molecule has 0 aromatic heterocycles. The first-order chi connectivity index (χ1) is 22.3. The Morgan fingerprint density at radius 3 is 2.15 bits per heavy atom. The number of anilines is 1. The summed E-state index contributed by atoms with van der Waals surface area (Å²) in [7, 11) is -4.27. The molecule has 0 aliphatic heterocycles. The van der Waals surface area contributed by atoms with Crippen molar-refractivity contribution in [1.29, 1.82) is 0 Å². The Balaban J connectivity index is 1.85. The third kappa shape index (κ3) is 9.59. The Morgan fingerprint density at radius 2 is 1.51 bits per heavy atom. The zero-order valence-electron chi connectivity index (χ0n) is 27.4. The van der Waals surface area contributed by atoms with Crippen LogP contribution in [0.2, 0.25) is 5.02 Å². The Bertz CT molecular complexity index is 1770. The monoisotopic (exact) mass is 675 g/mol. The molecule has 4 aromatic rings. The van der Waals surface area contributed by atoms with E-state index in [-0.39, 0.29) is 36.1 Å². The molecule has 0 spiro atoms. The van der Waals surface area contributed by atoms with Crippen LogP contribution in [0.15, 0.2) is 108 Å². The summed E-state index contributed by atoms with van der Waals surface area (Å²) in [5.74, 6) is -0.623. The fraction of sp³-hybridized carbons (Fsp3) is 0.297. The molecular weight excluding hydrogens is 634 g/mol. The number of rotatable bonds is 13. The fourth-order valence-electron chi connectivity index (χ4n) is 5.13. The lowest BCUT2D eigenvalue weighted by molar-refractivity contribution is -0.140. The molecule has 0 unspecified atom stereocenters. The first-order valence-electron chi connectivity index (χ1n) is 15.5. The van der Waals surface area contributed by atoms with Crippen molar-refractivity contribution in [1.82, 2.24) is 10.2 Å². The predicted molar refractivity (Wildman–Crippen MR) is 187 cm³/mol. The number of sulfonamides is 1. The topological polar surface area (TPSA) is 96.0 Å². The van der Waals surface area contributed by atoms with E-state index in [2.05, 4.69) is 5.32 Å². The van der Waals surface area contributed by atoms with E-state index < -0.39 is 34.1 Å². The SMILES string of the molecule is CCOc1ccccc1N(CC(=O)N(Cc1cccc(Cl)c1)[C@@H](Cc1ccccc1)C(=O)NC(C)(C)C)S(=O)(=O)c1ccc(C)cc1. The fourth-order valence-corrected chi connectivity index (χ4v) is 6.77. The normalized spacial score (nSPS) is 12.2. The summed E-state index contributed by atoms with van der Waals surface area (Å²) in [5.41, 5.74) is 2.05. The minimum Gasteiger partial charge on any atom is -0.492 e. The summed E-state index contributed by atoms with van der Waals surface area (Å²) in [6.07, 6.45) is 0.204. The molecule has 0 heterocycles. The van der Waals surface area contributed by atoms with Gasteiger partial charge in [-0.3, -0.25) is 13.9 Å². The highest BCUT2D eigenvalue weighted by Crippen LogP contribution is 2.33. The van der Waals surface area contributed by atoms with E-state index in [1.807, 2.05) is 64.1 Å². The van der Waals surface area contributed by atoms with Gasteiger partial charge in [-0.1, -0.05) is 83.9 Å². The molecular formula is C37H42ClN3O5S. The highest BCUT2D eigenvalue weighted by molar-refractivity contribution is 7.92. The number of hydrogen-bond donors (Lipinski definition) is 1. The van der Waals surface area contributed by atoms with Gasteiger partial charge in [0.2, 0.25) is 11.8 Å². The third-order valence-electron chi connectivity index (χ3n) is 7.33. The number of benzene rings is 4. The lowest BCUT2D eigenvalue weighted by Crippen LogP contribution is -2.56. The van der Waals surface area contributed by atoms with E-state index in [1.54, 1.807) is 61.5 Å². The number of hydrogen-bond acceptors (Lipinski definition) is 5. The summed E-state index contributed by atoms with van der Waals surface area (Å²) in [5, 5.41) is 3.51. The number of halogens is 1. The minimum atomic E-state index is -4.27. The van der Waals surface area contributed by atoms with Gasteiger partial charge >= 0.3 is 0 Å². The van der Waals surface area contributed by atoms with Crippen molar-refractivity contribution in [3.05, 3.63) is 125 Å². The first kappa shape index (κ1) is 35.5. The number of para-hydroxylation sites is 2. The Labute approximate surface area is 283 Å². The molecule has 1 N–H and O–H groups in total. The van der Waals surface area contributed by atoms with Crippen LogP contribution in [0.4, 0.5) is 5.69 Å². The summed E-state index contributed by atoms with van der Waals surface area (Å²) >= 11 is 6.33. The van der Waals surface area contributed by atoms with Gasteiger partial charge in [0.15, 0.2) is 0 Å². The maximum atomic E-state index is 14.7. The van der Waals surface area contributed by atoms with E-state index in [4.69, 9.17) is 16.3 Å². The molecule has 248 valence electrons. The zero-order chi connectivity index (χ0) is 34.2. The van der Waals surface area contributed by atoms with Gasteiger partial charge in [-0.15, -0.1) is 0 Å². The summed E-state index contributed by atoms with van der Waals surface area (Å²) in [6.45, 7) is 8.99. The molecule has 0 aliphatic carbocycles. The number of amides is 2. The molecule has 0 radical (unpaired) electrons. The quantitative estimate of drug-likeness (QED) is 0.168. The van der Waals surface area contributed by atoms with Crippen molar-refractivity contribution in [3.63, 3.8) is 0 Å². The number of nitrogens with one attached hydrogen (secondary N) is 1. The highest BCUT2D eigenvalue weighted by Gasteiger charge is 2.36. The van der Waals surface area contributed by atoms with E-state index in [9.17, 15) is 18.0 Å². The zero-order valence-corrected chi connectivity index (χ0v) is 29.0. The average Bonchev–Trinajstić information content (AvgIpc) is 3.02. The number of nitrogens with zero attached hydrogens (tertiary/aromatic N) is 2. The van der Waals surface area contributed by atoms with Gasteiger partial charge < -0.3 is 15.0 Å². The molecule has 1 atom stereocenters. The molecule has 47 heavy (non-hydrogen) atoms. The van der Waals surface area contributed by atoms with Gasteiger partial charge in [0, 0.05) is 23.5 Å². The molecule has 0 bridgehead atoms. The standard InChI is InChI=1S/C37H42ClN3O5S/c1-6-46-34-18-11-10-17-32(34)41(47(44,45)31-21-19-27(2)20-22-31)26-35(42)40(25-29-15-12-16-30(38)23-29)33(36(43)39-37(3,4)5)24-28-13-8-7-9-14-28/h7-23,33H,6,24-26H2,1-5H3,(H,39,43)/t33-/m0/s1. The molecule has 10 heteroatoms. The van der Waals surface area contributed by atoms with Crippen molar-refractivity contribution in [2.24, 2.45) is 0 Å². The summed E-state index contributed by atoms with van der Waals surface area (Å²) < 4.78 is 35.6. The molecule has 4 rings (SSSR count). The van der Waals surface area contributed by atoms with E-state index >= 15 is 0 Å². The lowest BCUT2D eigenvalue weighted by atomic mass is 10.0. The Kier molecular flexibility index (Phi) is 11.7. The van der Waals surface area contributed by atoms with Crippen LogP contribution in [0.1, 0.15) is 44.4 Å². The van der Waals surface area contributed by atoms with Crippen LogP contribution in [-0.2, 0) is 32.6 Å². The predicted octanol–water partition coefficient (Wildman–Crippen LogP) is 6.80. The van der Waals surface area contributed by atoms with Gasteiger partial charge in [-0.2, -0.15) is 0 Å². The lowest BCUT2D eigenvalue weighted by Gasteiger charge is -2.35. The van der Waals surface area contributed by atoms with Gasteiger partial charge in [0.1, 0.15) is 18.3 Å². The number of carbonyl (C=O) groups is 2. The maximum Gasteiger partial charge on any atom is 0.264 e. The maximum absolute atomic E-state index is 14.7. The van der Waals surface area contributed by atoms with E-state index in [1.165, 1.54) is 17.0 Å². The number of ether oxygens (including phenoxy) is 1. The number of aryl methyl sites for hydroxylation is 1. The second-order valence-electron chi connectivity index (χ2n) is 12.3. The van der Waals surface area contributed by atoms with Crippen LogP contribution in [0.5, 0.6) is 5.75 Å². The van der Waals surface area contributed by atoms with Crippen molar-refractivity contribution in [3.8, 4) is 5.75 Å². The highest BCUT2D eigenvalue weighted by atomic mass is 35.5. The third-order valence-corrected chi connectivity index (χ3v) is 9.34. The van der Waals surface area contributed by atoms with Crippen molar-refractivity contribution in [2.75, 3.05) is 17.5 Å². The molecule has 4 aromatic carbocycles. The van der Waals surface area contributed by atoms with Crippen LogP contribution in [0.25, 0.3) is 0 Å². The molecule has 8 nitrogen and oxygen atoms in total. The second-order valence-corrected chi connectivity index (χ2v) is 14.6. The Morgan fingerprint density at radius 1 is 0.872 bits per heavy atom. The summed E-state index contributed by atoms with van der Waals surface area (Å²) in [4.78, 5) is 30.2. The van der Waals surface area contributed by atoms with Crippen molar-refractivity contribution >= 4 is 39.1 Å². The smallest absolute Gasteiger partial charge is 0.264 e. The Hall–Kier alpha value is -4.34. The van der Waals surface area contributed by atoms with Crippen molar-refractivity contribution < 1.29 is 22.7 Å². The molecule has 0 fully saturated rings. The van der Waals surface area contributed by atoms with Crippen molar-refractivity contribution in [2.45, 2.75) is 64.1 Å². The molecule has 0 aliphatic rings. The first-order valence-corrected chi connectivity index (χ1v) is 17.3. The van der Waals surface area contributed by atoms with Gasteiger partial charge in [0.05, 0.1) is 17.2 Å². The van der Waals surface area contributed by atoms with Crippen LogP contribution in [0, 0.1) is 6.92 Å². The van der Waals surface area contributed by atoms with Crippen LogP contribution in [0.3, 0.4) is 0 Å². The summed E-state index contributed by atoms with van der Waals surface area (Å²) in [6, 6.07) is 28.6. The molecule has 0 saturated carbocycles. The van der Waals surface area contributed by atoms with E-state index in [0.29, 0.717) is 16.3 Å². The minimum absolute atomic E-state index is 0.0139. The molecule has 2 amide bonds. The second kappa shape index (κ2) is 15.5. The number of carbonyl (C=O) groups excluding carboxylic acids is 2. The van der Waals surface area contributed by atoms with Crippen LogP contribution >= 0.6 is 11.6 Å². The molecule has 0 saturated heterocycles. The average molecular weight is 676 g/mol. The van der Waals surface area contributed by atoms with Gasteiger partial charge in [0.25, 0.3) is 10.0 Å². The van der Waals surface area contributed by atoms with Gasteiger partial charge in [-0.05, 0) is 82.1 Å². The van der Waals surface area contributed by atoms with Gasteiger partial charge in [-0.25, -0.2) is 8.42 Å².